The molecule has 1 fully saturated rings. The molecule has 2 atom stereocenters. The van der Waals surface area contributed by atoms with Crippen LogP contribution in [0.15, 0.2) is 54.6 Å². The maximum Gasteiger partial charge on any atom is 0.223 e. The van der Waals surface area contributed by atoms with Crippen molar-refractivity contribution in [2.45, 2.75) is 45.3 Å². The summed E-state index contributed by atoms with van der Waals surface area (Å²) in [5.74, 6) is -0.0400. The van der Waals surface area contributed by atoms with E-state index >= 15 is 0 Å². The topological polar surface area (TPSA) is 60.9 Å². The van der Waals surface area contributed by atoms with Crippen molar-refractivity contribution in [1.29, 1.82) is 0 Å². The number of hydrogen-bond donors (Lipinski definition) is 1. The van der Waals surface area contributed by atoms with Crippen LogP contribution in [0.5, 0.6) is 0 Å². The van der Waals surface area contributed by atoms with Gasteiger partial charge in [0.25, 0.3) is 0 Å². The molecule has 0 aromatic heterocycles. The van der Waals surface area contributed by atoms with Crippen LogP contribution in [0.25, 0.3) is 0 Å². The quantitative estimate of drug-likeness (QED) is 0.734. The normalized spacial score (nSPS) is 19.9. The minimum atomic E-state index is -0.464. The number of ketones is 1. The van der Waals surface area contributed by atoms with Gasteiger partial charge in [-0.3, -0.25) is 14.5 Å². The fraction of sp³-hybridized carbons (Fsp3) is 0.417. The van der Waals surface area contributed by atoms with E-state index in [1.165, 1.54) is 5.56 Å². The van der Waals surface area contributed by atoms with Crippen LogP contribution in [0.2, 0.25) is 0 Å². The molecular formula is C24H30N2O3. The molecule has 29 heavy (non-hydrogen) atoms. The summed E-state index contributed by atoms with van der Waals surface area (Å²) in [5, 5.41) is 8.96. The molecule has 5 nitrogen and oxygen atoms in total. The second-order valence-corrected chi connectivity index (χ2v) is 7.96. The molecule has 0 bridgehead atoms. The Hall–Kier alpha value is -2.50. The number of hydrogen-bond acceptors (Lipinski definition) is 4. The molecule has 5 heteroatoms. The van der Waals surface area contributed by atoms with Crippen LogP contribution < -0.4 is 0 Å². The van der Waals surface area contributed by atoms with Gasteiger partial charge >= 0.3 is 0 Å². The lowest BCUT2D eigenvalue weighted by Crippen LogP contribution is -2.58. The maximum absolute atomic E-state index is 12.8. The highest BCUT2D eigenvalue weighted by atomic mass is 16.3. The lowest BCUT2D eigenvalue weighted by atomic mass is 10.0. The van der Waals surface area contributed by atoms with Gasteiger partial charge in [-0.2, -0.15) is 0 Å². The highest BCUT2D eigenvalue weighted by Gasteiger charge is 2.32. The molecule has 1 heterocycles. The summed E-state index contributed by atoms with van der Waals surface area (Å²) in [6, 6.07) is 17.9. The Kier molecular flexibility index (Phi) is 7.18. The molecular weight excluding hydrogens is 364 g/mol. The first-order chi connectivity index (χ1) is 14.0. The van der Waals surface area contributed by atoms with E-state index in [1.54, 1.807) is 12.1 Å². The average Bonchev–Trinajstić information content (AvgIpc) is 2.72. The lowest BCUT2D eigenvalue weighted by molar-refractivity contribution is -0.139. The standard InChI is InChI=1S/C24H30N2O3/c1-18-14-25(16-21-8-11-22(12-9-21)23(28)17-27)15-19(2)26(18)24(29)13-10-20-6-4-3-5-7-20/h3-9,11-12,18-19,27H,10,13-17H2,1-2H3/t18-,19+. The Balaban J connectivity index is 1.55. The molecule has 1 aliphatic heterocycles. The third kappa shape index (κ3) is 5.52. The maximum atomic E-state index is 12.8. The van der Waals surface area contributed by atoms with E-state index in [0.717, 1.165) is 31.6 Å². The van der Waals surface area contributed by atoms with Crippen molar-refractivity contribution in [1.82, 2.24) is 9.80 Å². The van der Waals surface area contributed by atoms with E-state index in [1.807, 2.05) is 35.2 Å². The number of carbonyl (C=O) groups is 2. The number of piperazine rings is 1. The molecule has 0 aliphatic carbocycles. The van der Waals surface area contributed by atoms with E-state index < -0.39 is 6.61 Å². The Bertz CT molecular complexity index is 808. The van der Waals surface area contributed by atoms with Gasteiger partial charge in [0.1, 0.15) is 6.61 Å². The van der Waals surface area contributed by atoms with Crippen molar-refractivity contribution in [3.63, 3.8) is 0 Å². The zero-order valence-corrected chi connectivity index (χ0v) is 17.3. The molecule has 2 aromatic carbocycles. The summed E-state index contributed by atoms with van der Waals surface area (Å²) >= 11 is 0. The number of aliphatic hydroxyl groups is 1. The lowest BCUT2D eigenvalue weighted by Gasteiger charge is -2.44. The number of rotatable bonds is 7. The van der Waals surface area contributed by atoms with Gasteiger partial charge in [0.15, 0.2) is 5.78 Å². The number of benzene rings is 2. The summed E-state index contributed by atoms with van der Waals surface area (Å²) in [7, 11) is 0. The molecule has 154 valence electrons. The number of nitrogens with zero attached hydrogens (tertiary/aromatic N) is 2. The van der Waals surface area contributed by atoms with E-state index in [4.69, 9.17) is 5.11 Å². The second kappa shape index (κ2) is 9.81. The smallest absolute Gasteiger partial charge is 0.223 e. The van der Waals surface area contributed by atoms with Gasteiger partial charge in [0.2, 0.25) is 5.91 Å². The number of carbonyl (C=O) groups excluding carboxylic acids is 2. The third-order valence-corrected chi connectivity index (χ3v) is 5.58. The summed E-state index contributed by atoms with van der Waals surface area (Å²) in [5.41, 5.74) is 2.86. The molecule has 3 rings (SSSR count). The van der Waals surface area contributed by atoms with Crippen molar-refractivity contribution >= 4 is 11.7 Å². The van der Waals surface area contributed by atoms with Gasteiger partial charge in [-0.1, -0.05) is 54.6 Å². The monoisotopic (exact) mass is 394 g/mol. The summed E-state index contributed by atoms with van der Waals surface area (Å²) in [4.78, 5) is 28.8. The highest BCUT2D eigenvalue weighted by molar-refractivity contribution is 5.96. The van der Waals surface area contributed by atoms with Crippen molar-refractivity contribution < 1.29 is 14.7 Å². The number of amides is 1. The SMILES string of the molecule is C[C@@H]1CN(Cc2ccc(C(=O)CO)cc2)C[C@H](C)N1C(=O)CCc1ccccc1. The first kappa shape index (κ1) is 21.2. The van der Waals surface area contributed by atoms with Gasteiger partial charge in [0, 0.05) is 43.7 Å². The predicted octanol–water partition coefficient (Wildman–Crippen LogP) is 2.92. The largest absolute Gasteiger partial charge is 0.388 e. The van der Waals surface area contributed by atoms with E-state index in [0.29, 0.717) is 12.0 Å². The highest BCUT2D eigenvalue weighted by Crippen LogP contribution is 2.20. The van der Waals surface area contributed by atoms with E-state index in [2.05, 4.69) is 30.9 Å². The molecule has 1 amide bonds. The molecule has 1 N–H and O–H groups in total. The Labute approximate surface area is 172 Å². The fourth-order valence-electron chi connectivity index (χ4n) is 4.22. The Morgan fingerprint density at radius 2 is 1.55 bits per heavy atom. The van der Waals surface area contributed by atoms with Crippen molar-refractivity contribution in [3.05, 3.63) is 71.3 Å². The minimum absolute atomic E-state index is 0.164. The molecule has 1 saturated heterocycles. The van der Waals surface area contributed by atoms with Gasteiger partial charge in [-0.25, -0.2) is 0 Å². The second-order valence-electron chi connectivity index (χ2n) is 7.96. The van der Waals surface area contributed by atoms with Crippen molar-refractivity contribution in [2.24, 2.45) is 0 Å². The fourth-order valence-corrected chi connectivity index (χ4v) is 4.22. The van der Waals surface area contributed by atoms with Crippen LogP contribution in [0.3, 0.4) is 0 Å². The van der Waals surface area contributed by atoms with E-state index in [9.17, 15) is 9.59 Å². The Morgan fingerprint density at radius 1 is 0.931 bits per heavy atom. The summed E-state index contributed by atoms with van der Waals surface area (Å²) < 4.78 is 0. The molecule has 1 aliphatic rings. The average molecular weight is 395 g/mol. The zero-order chi connectivity index (χ0) is 20.8. The number of aliphatic hydroxyl groups excluding tert-OH is 1. The van der Waals surface area contributed by atoms with Gasteiger partial charge in [-0.15, -0.1) is 0 Å². The van der Waals surface area contributed by atoms with E-state index in [-0.39, 0.29) is 23.8 Å². The van der Waals surface area contributed by atoms with Crippen LogP contribution in [-0.4, -0.2) is 58.4 Å². The van der Waals surface area contributed by atoms with Crippen LogP contribution in [0, 0.1) is 0 Å². The van der Waals surface area contributed by atoms with Crippen LogP contribution >= 0.6 is 0 Å². The first-order valence-electron chi connectivity index (χ1n) is 10.3. The predicted molar refractivity (Wildman–Crippen MR) is 114 cm³/mol. The zero-order valence-electron chi connectivity index (χ0n) is 17.3. The van der Waals surface area contributed by atoms with Gasteiger partial charge in [0.05, 0.1) is 0 Å². The number of aryl methyl sites for hydroxylation is 1. The molecule has 2 aromatic rings. The van der Waals surface area contributed by atoms with Crippen LogP contribution in [0.4, 0.5) is 0 Å². The third-order valence-electron chi connectivity index (χ3n) is 5.58. The van der Waals surface area contributed by atoms with Crippen LogP contribution in [-0.2, 0) is 17.8 Å². The molecule has 0 unspecified atom stereocenters. The Morgan fingerprint density at radius 3 is 2.14 bits per heavy atom. The number of Topliss-reactive ketones (excluding diaryl/α,β-unsaturated/α-hetero) is 1. The van der Waals surface area contributed by atoms with Crippen molar-refractivity contribution in [3.8, 4) is 0 Å². The van der Waals surface area contributed by atoms with Gasteiger partial charge in [-0.05, 0) is 31.4 Å². The van der Waals surface area contributed by atoms with Crippen molar-refractivity contribution in [2.75, 3.05) is 19.7 Å². The molecule has 0 saturated carbocycles. The first-order valence-corrected chi connectivity index (χ1v) is 10.3. The summed E-state index contributed by atoms with van der Waals surface area (Å²) in [6.45, 7) is 6.22. The minimum Gasteiger partial charge on any atom is -0.388 e. The molecule has 0 radical (unpaired) electrons. The van der Waals surface area contributed by atoms with Crippen LogP contribution in [0.1, 0.15) is 41.8 Å². The van der Waals surface area contributed by atoms with Gasteiger partial charge < -0.3 is 10.0 Å². The molecule has 0 spiro atoms. The summed E-state index contributed by atoms with van der Waals surface area (Å²) in [6.07, 6.45) is 1.32.